The van der Waals surface area contributed by atoms with Crippen molar-refractivity contribution in [3.05, 3.63) is 35.9 Å². The second-order valence-electron chi connectivity index (χ2n) is 3.75. The Morgan fingerprint density at radius 1 is 1.32 bits per heavy atom. The molecule has 0 radical (unpaired) electrons. The standard InChI is InChI=1S/C11H14O3.CH4O3S/c1-9(13)14-11(7-8-12)10-5-3-2-4-6-10;1-5(2,3)4/h2-6,11-12H,7-8H2,1H3;1H3,(H,2,3,4). The molecule has 19 heavy (non-hydrogen) atoms. The van der Waals surface area contributed by atoms with Crippen LogP contribution in [0.15, 0.2) is 30.3 Å². The van der Waals surface area contributed by atoms with E-state index in [1.165, 1.54) is 6.92 Å². The van der Waals surface area contributed by atoms with Gasteiger partial charge in [0.2, 0.25) is 0 Å². The highest BCUT2D eigenvalue weighted by molar-refractivity contribution is 7.85. The van der Waals surface area contributed by atoms with E-state index in [1.807, 2.05) is 30.3 Å². The number of esters is 1. The zero-order chi connectivity index (χ0) is 14.9. The summed E-state index contributed by atoms with van der Waals surface area (Å²) in [5.41, 5.74) is 0.914. The molecule has 0 aliphatic heterocycles. The molecule has 0 bridgehead atoms. The van der Waals surface area contributed by atoms with Crippen LogP contribution in [0.3, 0.4) is 0 Å². The molecule has 0 aliphatic rings. The Morgan fingerprint density at radius 2 is 1.79 bits per heavy atom. The van der Waals surface area contributed by atoms with E-state index in [2.05, 4.69) is 0 Å². The number of hydrogen-bond acceptors (Lipinski definition) is 5. The molecule has 0 saturated carbocycles. The van der Waals surface area contributed by atoms with Gasteiger partial charge in [-0.15, -0.1) is 0 Å². The molecule has 0 aromatic heterocycles. The van der Waals surface area contributed by atoms with Gasteiger partial charge in [-0.1, -0.05) is 30.3 Å². The summed E-state index contributed by atoms with van der Waals surface area (Å²) < 4.78 is 30.9. The van der Waals surface area contributed by atoms with E-state index < -0.39 is 10.1 Å². The second kappa shape index (κ2) is 8.63. The van der Waals surface area contributed by atoms with Crippen molar-refractivity contribution in [3.8, 4) is 0 Å². The summed E-state index contributed by atoms with van der Waals surface area (Å²) in [5.74, 6) is -0.327. The third-order valence-corrected chi connectivity index (χ3v) is 1.87. The zero-order valence-electron chi connectivity index (χ0n) is 10.8. The van der Waals surface area contributed by atoms with E-state index in [4.69, 9.17) is 14.4 Å². The minimum absolute atomic E-state index is 0.00679. The third kappa shape index (κ3) is 11.4. The van der Waals surface area contributed by atoms with Crippen LogP contribution in [0.25, 0.3) is 0 Å². The Kier molecular flexibility index (Phi) is 7.97. The highest BCUT2D eigenvalue weighted by Crippen LogP contribution is 2.20. The van der Waals surface area contributed by atoms with Crippen molar-refractivity contribution in [2.75, 3.05) is 12.9 Å². The van der Waals surface area contributed by atoms with Gasteiger partial charge in [0.05, 0.1) is 6.26 Å². The molecule has 108 valence electrons. The lowest BCUT2D eigenvalue weighted by atomic mass is 10.1. The predicted octanol–water partition coefficient (Wildman–Crippen LogP) is 1.18. The summed E-state index contributed by atoms with van der Waals surface area (Å²) in [4.78, 5) is 10.8. The number of carbonyl (C=O) groups excluding carboxylic acids is 1. The molecule has 1 unspecified atom stereocenters. The van der Waals surface area contributed by atoms with Gasteiger partial charge in [0.15, 0.2) is 0 Å². The van der Waals surface area contributed by atoms with E-state index in [9.17, 15) is 13.2 Å². The lowest BCUT2D eigenvalue weighted by molar-refractivity contribution is -0.147. The van der Waals surface area contributed by atoms with E-state index in [-0.39, 0.29) is 18.7 Å². The van der Waals surface area contributed by atoms with Gasteiger partial charge >= 0.3 is 5.97 Å². The van der Waals surface area contributed by atoms with Crippen molar-refractivity contribution in [1.29, 1.82) is 0 Å². The van der Waals surface area contributed by atoms with E-state index in [0.717, 1.165) is 5.56 Å². The monoisotopic (exact) mass is 290 g/mol. The van der Waals surface area contributed by atoms with Crippen LogP contribution in [0.2, 0.25) is 0 Å². The maximum atomic E-state index is 10.8. The molecule has 1 rings (SSSR count). The number of carbonyl (C=O) groups is 1. The molecule has 0 fully saturated rings. The first-order valence-electron chi connectivity index (χ1n) is 5.49. The zero-order valence-corrected chi connectivity index (χ0v) is 11.6. The Bertz CT molecular complexity index is 460. The van der Waals surface area contributed by atoms with Crippen molar-refractivity contribution in [3.63, 3.8) is 0 Å². The Labute approximate surface area is 112 Å². The molecule has 1 aromatic rings. The number of aliphatic hydroxyl groups is 1. The largest absolute Gasteiger partial charge is 0.458 e. The fourth-order valence-electron chi connectivity index (χ4n) is 1.28. The summed E-state index contributed by atoms with van der Waals surface area (Å²) in [7, 11) is -3.67. The first kappa shape index (κ1) is 17.6. The minimum atomic E-state index is -3.67. The van der Waals surface area contributed by atoms with E-state index >= 15 is 0 Å². The average Bonchev–Trinajstić information content (AvgIpc) is 2.27. The van der Waals surface area contributed by atoms with Crippen molar-refractivity contribution in [2.24, 2.45) is 0 Å². The van der Waals surface area contributed by atoms with Crippen LogP contribution in [0.4, 0.5) is 0 Å². The number of hydrogen-bond donors (Lipinski definition) is 2. The third-order valence-electron chi connectivity index (χ3n) is 1.87. The number of rotatable bonds is 4. The van der Waals surface area contributed by atoms with Crippen molar-refractivity contribution < 1.29 is 27.6 Å². The van der Waals surface area contributed by atoms with Crippen LogP contribution in [0.5, 0.6) is 0 Å². The van der Waals surface area contributed by atoms with Gasteiger partial charge < -0.3 is 9.84 Å². The van der Waals surface area contributed by atoms with Gasteiger partial charge in [-0.3, -0.25) is 9.35 Å². The highest BCUT2D eigenvalue weighted by Gasteiger charge is 2.13. The molecule has 0 aliphatic carbocycles. The summed E-state index contributed by atoms with van der Waals surface area (Å²) in [5, 5.41) is 8.82. The van der Waals surface area contributed by atoms with Crippen LogP contribution in [0.1, 0.15) is 25.0 Å². The fraction of sp³-hybridized carbons (Fsp3) is 0.417. The van der Waals surface area contributed by atoms with Crippen LogP contribution in [-0.2, 0) is 19.6 Å². The van der Waals surface area contributed by atoms with Crippen LogP contribution in [0, 0.1) is 0 Å². The fourth-order valence-corrected chi connectivity index (χ4v) is 1.28. The molecule has 0 amide bonds. The SMILES string of the molecule is CC(=O)OC(CCO)c1ccccc1.CS(=O)(=O)O. The number of ether oxygens (including phenoxy) is 1. The molecule has 6 nitrogen and oxygen atoms in total. The van der Waals surface area contributed by atoms with Gasteiger partial charge in [0.1, 0.15) is 6.10 Å². The minimum Gasteiger partial charge on any atom is -0.458 e. The molecule has 7 heteroatoms. The van der Waals surface area contributed by atoms with Crippen LogP contribution in [-0.4, -0.2) is 36.9 Å². The van der Waals surface area contributed by atoms with Gasteiger partial charge in [-0.25, -0.2) is 0 Å². The first-order valence-corrected chi connectivity index (χ1v) is 7.34. The number of benzene rings is 1. The smallest absolute Gasteiger partial charge is 0.303 e. The number of aliphatic hydroxyl groups excluding tert-OH is 1. The maximum Gasteiger partial charge on any atom is 0.303 e. The lowest BCUT2D eigenvalue weighted by Crippen LogP contribution is -2.09. The molecule has 0 heterocycles. The average molecular weight is 290 g/mol. The van der Waals surface area contributed by atoms with Crippen LogP contribution >= 0.6 is 0 Å². The van der Waals surface area contributed by atoms with Crippen molar-refractivity contribution >= 4 is 16.1 Å². The second-order valence-corrected chi connectivity index (χ2v) is 5.22. The molecule has 0 saturated heterocycles. The normalized spacial score (nSPS) is 12.0. The molecule has 0 spiro atoms. The topological polar surface area (TPSA) is 101 Å². The lowest BCUT2D eigenvalue weighted by Gasteiger charge is -2.15. The van der Waals surface area contributed by atoms with Gasteiger partial charge in [0, 0.05) is 20.0 Å². The van der Waals surface area contributed by atoms with Crippen molar-refractivity contribution in [1.82, 2.24) is 0 Å². The molecule has 1 aromatic carbocycles. The summed E-state index contributed by atoms with van der Waals surface area (Å²) in [6, 6.07) is 9.41. The van der Waals surface area contributed by atoms with Gasteiger partial charge in [0.25, 0.3) is 10.1 Å². The Morgan fingerprint density at radius 3 is 2.16 bits per heavy atom. The Balaban J connectivity index is 0.000000555. The maximum absolute atomic E-state index is 10.8. The quantitative estimate of drug-likeness (QED) is 0.638. The van der Waals surface area contributed by atoms with E-state index in [0.29, 0.717) is 12.7 Å². The predicted molar refractivity (Wildman–Crippen MR) is 70.1 cm³/mol. The summed E-state index contributed by atoms with van der Waals surface area (Å²) in [6.45, 7) is 1.38. The highest BCUT2D eigenvalue weighted by atomic mass is 32.2. The molecule has 2 N–H and O–H groups in total. The van der Waals surface area contributed by atoms with Crippen LogP contribution < -0.4 is 0 Å². The van der Waals surface area contributed by atoms with Gasteiger partial charge in [-0.05, 0) is 5.56 Å². The first-order chi connectivity index (χ1) is 8.74. The molecular weight excluding hydrogens is 272 g/mol. The summed E-state index contributed by atoms with van der Waals surface area (Å²) >= 11 is 0. The summed E-state index contributed by atoms with van der Waals surface area (Å²) in [6.07, 6.45) is 0.815. The molecular formula is C12H18O6S. The van der Waals surface area contributed by atoms with E-state index in [1.54, 1.807) is 0 Å². The van der Waals surface area contributed by atoms with Crippen molar-refractivity contribution in [2.45, 2.75) is 19.4 Å². The van der Waals surface area contributed by atoms with Gasteiger partial charge in [-0.2, -0.15) is 8.42 Å². The molecule has 1 atom stereocenters. The Hall–Kier alpha value is -1.44.